The summed E-state index contributed by atoms with van der Waals surface area (Å²) in [6, 6.07) is 4.06. The lowest BCUT2D eigenvalue weighted by Gasteiger charge is -2.05. The summed E-state index contributed by atoms with van der Waals surface area (Å²) in [5, 5.41) is 15.4. The lowest BCUT2D eigenvalue weighted by atomic mass is 10.2. The van der Waals surface area contributed by atoms with E-state index in [1.54, 1.807) is 6.92 Å². The summed E-state index contributed by atoms with van der Waals surface area (Å²) < 4.78 is 5.58. The van der Waals surface area contributed by atoms with E-state index in [9.17, 15) is 19.7 Å². The largest absolute Gasteiger partial charge is 0.440 e. The molecular formula is C11H11N4O5+. The molecule has 104 valence electrons. The highest BCUT2D eigenvalue weighted by Gasteiger charge is 2.27. The van der Waals surface area contributed by atoms with Gasteiger partial charge in [0.2, 0.25) is 0 Å². The molecule has 0 radical (unpaired) electrons. The molecule has 0 unspecified atom stereocenters. The van der Waals surface area contributed by atoms with Crippen LogP contribution in [0, 0.1) is 17.0 Å². The van der Waals surface area contributed by atoms with E-state index >= 15 is 0 Å². The molecule has 9 heteroatoms. The number of anilines is 1. The summed E-state index contributed by atoms with van der Waals surface area (Å²) in [4.78, 5) is 33.4. The maximum atomic E-state index is 12.0. The number of carbonyl (C=O) groups excluding carboxylic acids is 1. The number of non-ortho nitro benzene ring substituents is 1. The third-order valence-corrected chi connectivity index (χ3v) is 2.70. The topological polar surface area (TPSA) is 122 Å². The highest BCUT2D eigenvalue weighted by Crippen LogP contribution is 2.21. The van der Waals surface area contributed by atoms with Crippen LogP contribution >= 0.6 is 0 Å². The lowest BCUT2D eigenvalue weighted by molar-refractivity contribution is -0.741. The smallest absolute Gasteiger partial charge is 0.316 e. The van der Waals surface area contributed by atoms with Gasteiger partial charge < -0.3 is 5.32 Å². The van der Waals surface area contributed by atoms with Crippen LogP contribution in [0.4, 0.5) is 11.4 Å². The normalized spacial score (nSPS) is 10.3. The number of nitrogens with one attached hydrogen (secondary N) is 2. The SMILES string of the molecule is Cc1ccc([N+](=O)[O-])cc1NC(=O)c1c(=O)o[nH][n+]1C. The Hall–Kier alpha value is -2.97. The minimum absolute atomic E-state index is 0.156. The van der Waals surface area contributed by atoms with Gasteiger partial charge in [-0.2, -0.15) is 0 Å². The Kier molecular flexibility index (Phi) is 3.34. The minimum atomic E-state index is -0.826. The number of hydrogen-bond donors (Lipinski definition) is 2. The van der Waals surface area contributed by atoms with Crippen molar-refractivity contribution in [2.75, 3.05) is 5.32 Å². The Balaban J connectivity index is 2.35. The van der Waals surface area contributed by atoms with E-state index in [1.165, 1.54) is 25.2 Å². The molecule has 0 saturated heterocycles. The van der Waals surface area contributed by atoms with Crippen molar-refractivity contribution >= 4 is 17.3 Å². The molecule has 20 heavy (non-hydrogen) atoms. The van der Waals surface area contributed by atoms with Gasteiger partial charge in [-0.3, -0.25) is 19.4 Å². The van der Waals surface area contributed by atoms with Gasteiger partial charge in [0.15, 0.2) is 7.05 Å². The van der Waals surface area contributed by atoms with Crippen LogP contribution in [-0.4, -0.2) is 16.1 Å². The molecular weight excluding hydrogens is 268 g/mol. The van der Waals surface area contributed by atoms with Gasteiger partial charge in [-0.1, -0.05) is 10.7 Å². The number of aromatic amines is 1. The number of rotatable bonds is 3. The van der Waals surface area contributed by atoms with Crippen molar-refractivity contribution in [3.05, 3.63) is 50.0 Å². The fraction of sp³-hybridized carbons (Fsp3) is 0.182. The first kappa shape index (κ1) is 13.5. The van der Waals surface area contributed by atoms with E-state index in [1.807, 2.05) is 0 Å². The third-order valence-electron chi connectivity index (χ3n) is 2.70. The third kappa shape index (κ3) is 2.41. The van der Waals surface area contributed by atoms with Gasteiger partial charge in [-0.25, -0.2) is 4.79 Å². The molecule has 2 aromatic rings. The second-order valence-corrected chi connectivity index (χ2v) is 4.10. The number of amides is 1. The van der Waals surface area contributed by atoms with E-state index in [0.29, 0.717) is 5.56 Å². The van der Waals surface area contributed by atoms with Gasteiger partial charge in [0.05, 0.1) is 10.6 Å². The zero-order chi connectivity index (χ0) is 14.9. The molecule has 2 rings (SSSR count). The van der Waals surface area contributed by atoms with Crippen LogP contribution in [0.2, 0.25) is 0 Å². The Morgan fingerprint density at radius 3 is 2.75 bits per heavy atom. The lowest BCUT2D eigenvalue weighted by Crippen LogP contribution is -2.41. The van der Waals surface area contributed by atoms with Crippen molar-refractivity contribution in [3.63, 3.8) is 0 Å². The molecule has 2 N–H and O–H groups in total. The second kappa shape index (κ2) is 4.96. The maximum absolute atomic E-state index is 12.0. The number of nitro groups is 1. The molecule has 1 aromatic heterocycles. The van der Waals surface area contributed by atoms with Crippen molar-refractivity contribution in [1.29, 1.82) is 0 Å². The Morgan fingerprint density at radius 1 is 1.50 bits per heavy atom. The van der Waals surface area contributed by atoms with Gasteiger partial charge in [-0.05, 0) is 17.8 Å². The zero-order valence-electron chi connectivity index (χ0n) is 10.7. The van der Waals surface area contributed by atoms with Gasteiger partial charge >= 0.3 is 17.2 Å². The molecule has 0 saturated carbocycles. The summed E-state index contributed by atoms with van der Waals surface area (Å²) in [5.74, 6) is -0.717. The average Bonchev–Trinajstić information content (AvgIpc) is 2.71. The van der Waals surface area contributed by atoms with E-state index in [-0.39, 0.29) is 17.1 Å². The van der Waals surface area contributed by atoms with Gasteiger partial charge in [-0.15, -0.1) is 0 Å². The highest BCUT2D eigenvalue weighted by molar-refractivity contribution is 6.02. The first-order valence-electron chi connectivity index (χ1n) is 5.54. The average molecular weight is 279 g/mol. The summed E-state index contributed by atoms with van der Waals surface area (Å²) in [6.45, 7) is 1.68. The molecule has 0 aliphatic carbocycles. The summed E-state index contributed by atoms with van der Waals surface area (Å²) in [6.07, 6.45) is 0. The van der Waals surface area contributed by atoms with Crippen LogP contribution in [-0.2, 0) is 7.05 Å². The first-order valence-corrected chi connectivity index (χ1v) is 5.54. The number of nitro benzene ring substituents is 1. The van der Waals surface area contributed by atoms with Crippen molar-refractivity contribution < 1.29 is 18.9 Å². The van der Waals surface area contributed by atoms with Crippen LogP contribution in [0.1, 0.15) is 16.1 Å². The maximum Gasteiger partial charge on any atom is 0.440 e. The number of nitrogens with zero attached hydrogens (tertiary/aromatic N) is 2. The molecule has 1 heterocycles. The Bertz CT molecular complexity index is 746. The van der Waals surface area contributed by atoms with E-state index in [4.69, 9.17) is 0 Å². The molecule has 1 amide bonds. The van der Waals surface area contributed by atoms with Crippen LogP contribution in [0.5, 0.6) is 0 Å². The standard InChI is InChI=1S/C11H10N4O5/c1-6-3-4-7(15(18)19)5-8(6)12-10(16)9-11(17)20-13-14(9)2/h3-5H,1-2H3,(H-,12,13,16,17)/p+1. The van der Waals surface area contributed by atoms with E-state index < -0.39 is 16.5 Å². The monoisotopic (exact) mass is 279 g/mol. The Labute approximate surface area is 111 Å². The number of H-pyrrole nitrogens is 1. The second-order valence-electron chi connectivity index (χ2n) is 4.10. The van der Waals surface area contributed by atoms with Crippen LogP contribution in [0.3, 0.4) is 0 Å². The highest BCUT2D eigenvalue weighted by atomic mass is 16.6. The molecule has 0 spiro atoms. The van der Waals surface area contributed by atoms with Crippen molar-refractivity contribution in [3.8, 4) is 0 Å². The fourth-order valence-electron chi connectivity index (χ4n) is 1.63. The fourth-order valence-corrected chi connectivity index (χ4v) is 1.63. The first-order chi connectivity index (χ1) is 9.40. The van der Waals surface area contributed by atoms with E-state index in [0.717, 1.165) is 4.68 Å². The summed E-state index contributed by atoms with van der Waals surface area (Å²) in [7, 11) is 1.43. The molecule has 0 fully saturated rings. The predicted octanol–water partition coefficient (Wildman–Crippen LogP) is 0.261. The van der Waals surface area contributed by atoms with Crippen LogP contribution in [0.25, 0.3) is 0 Å². The predicted molar refractivity (Wildman–Crippen MR) is 66.3 cm³/mol. The number of aromatic nitrogens is 2. The van der Waals surface area contributed by atoms with Gasteiger partial charge in [0, 0.05) is 12.1 Å². The molecule has 0 atom stereocenters. The number of hydrogen-bond acceptors (Lipinski definition) is 5. The van der Waals surface area contributed by atoms with Crippen LogP contribution < -0.4 is 15.6 Å². The summed E-state index contributed by atoms with van der Waals surface area (Å²) >= 11 is 0. The number of benzene rings is 1. The molecule has 0 bridgehead atoms. The van der Waals surface area contributed by atoms with Crippen molar-refractivity contribution in [2.24, 2.45) is 7.05 Å². The zero-order valence-corrected chi connectivity index (χ0v) is 10.7. The summed E-state index contributed by atoms with van der Waals surface area (Å²) in [5.41, 5.74) is -0.336. The molecule has 9 nitrogen and oxygen atoms in total. The number of carbonyl (C=O) groups is 1. The molecule has 1 aromatic carbocycles. The Morgan fingerprint density at radius 2 is 2.20 bits per heavy atom. The van der Waals surface area contributed by atoms with E-state index in [2.05, 4.69) is 15.1 Å². The van der Waals surface area contributed by atoms with Gasteiger partial charge in [0.1, 0.15) is 0 Å². The number of aryl methyl sites for hydroxylation is 2. The quantitative estimate of drug-likeness (QED) is 0.474. The van der Waals surface area contributed by atoms with Gasteiger partial charge in [0.25, 0.3) is 5.69 Å². The molecule has 0 aliphatic heterocycles. The molecule has 0 aliphatic rings. The van der Waals surface area contributed by atoms with Crippen molar-refractivity contribution in [2.45, 2.75) is 6.92 Å². The van der Waals surface area contributed by atoms with Crippen molar-refractivity contribution in [1.82, 2.24) is 5.27 Å². The minimum Gasteiger partial charge on any atom is -0.316 e. The van der Waals surface area contributed by atoms with Crippen LogP contribution in [0.15, 0.2) is 27.5 Å².